The van der Waals surface area contributed by atoms with Crippen LogP contribution in [-0.4, -0.2) is 24.2 Å². The fraction of sp³-hybridized carbons (Fsp3) is 0.182. The average Bonchev–Trinajstić information content (AvgIpc) is 2.73. The van der Waals surface area contributed by atoms with Crippen LogP contribution in [0.3, 0.4) is 0 Å². The number of aliphatic hydroxyl groups excluding tert-OH is 1. The van der Waals surface area contributed by atoms with Gasteiger partial charge in [0.15, 0.2) is 11.5 Å². The molecule has 1 unspecified atom stereocenters. The topological polar surface area (TPSA) is 81.8 Å². The molecule has 3 aromatic rings. The molecule has 0 aliphatic heterocycles. The van der Waals surface area contributed by atoms with Crippen LogP contribution in [0.15, 0.2) is 60.7 Å². The lowest BCUT2D eigenvalue weighted by Crippen LogP contribution is -2.05. The highest BCUT2D eigenvalue weighted by molar-refractivity contribution is 6.30. The van der Waals surface area contributed by atoms with Gasteiger partial charge in [0, 0.05) is 17.0 Å². The van der Waals surface area contributed by atoms with Crippen LogP contribution < -0.4 is 9.47 Å². The molecule has 0 amide bonds. The molecule has 3 aromatic carbocycles. The Morgan fingerprint density at radius 2 is 1.48 bits per heavy atom. The van der Waals surface area contributed by atoms with Crippen LogP contribution >= 0.6 is 11.6 Å². The van der Waals surface area contributed by atoms with Crippen molar-refractivity contribution < 1.29 is 19.5 Å². The quantitative estimate of drug-likeness (QED) is 0.424. The Kier molecular flexibility index (Phi) is 6.36. The maximum Gasteiger partial charge on any atom is 0.276 e. The predicted molar refractivity (Wildman–Crippen MR) is 112 cm³/mol. The first kappa shape index (κ1) is 20.6. The number of methoxy groups -OCH3 is 2. The van der Waals surface area contributed by atoms with Crippen LogP contribution in [-0.2, 0) is 6.42 Å². The fourth-order valence-corrected chi connectivity index (χ4v) is 3.24. The zero-order valence-electron chi connectivity index (χ0n) is 16.0. The van der Waals surface area contributed by atoms with Crippen molar-refractivity contribution in [3.63, 3.8) is 0 Å². The molecule has 6 nitrogen and oxygen atoms in total. The second-order valence-corrected chi connectivity index (χ2v) is 6.88. The van der Waals surface area contributed by atoms with Gasteiger partial charge in [-0.2, -0.15) is 0 Å². The lowest BCUT2D eigenvalue weighted by molar-refractivity contribution is -0.385. The van der Waals surface area contributed by atoms with Crippen molar-refractivity contribution >= 4 is 17.3 Å². The summed E-state index contributed by atoms with van der Waals surface area (Å²) in [4.78, 5) is 11.0. The summed E-state index contributed by atoms with van der Waals surface area (Å²) in [6.07, 6.45) is -0.845. The molecule has 3 rings (SSSR count). The number of halogens is 1. The third-order valence-electron chi connectivity index (χ3n) is 4.67. The van der Waals surface area contributed by atoms with Crippen LogP contribution in [0.1, 0.15) is 17.2 Å². The van der Waals surface area contributed by atoms with E-state index in [2.05, 4.69) is 0 Å². The van der Waals surface area contributed by atoms with E-state index in [0.717, 1.165) is 11.1 Å². The molecular formula is C22H20ClNO5. The van der Waals surface area contributed by atoms with Crippen molar-refractivity contribution in [1.82, 2.24) is 0 Å². The molecule has 1 N–H and O–H groups in total. The number of aliphatic hydroxyl groups is 1. The Morgan fingerprint density at radius 3 is 2.00 bits per heavy atom. The lowest BCUT2D eigenvalue weighted by atomic mass is 9.97. The number of rotatable bonds is 7. The van der Waals surface area contributed by atoms with Gasteiger partial charge in [-0.05, 0) is 34.9 Å². The minimum Gasteiger partial charge on any atom is -0.493 e. The van der Waals surface area contributed by atoms with Crippen molar-refractivity contribution in [2.45, 2.75) is 12.5 Å². The Labute approximate surface area is 173 Å². The zero-order chi connectivity index (χ0) is 21.0. The fourth-order valence-electron chi connectivity index (χ4n) is 3.11. The molecule has 0 aliphatic rings. The van der Waals surface area contributed by atoms with E-state index < -0.39 is 11.0 Å². The summed E-state index contributed by atoms with van der Waals surface area (Å²) >= 11 is 5.92. The van der Waals surface area contributed by atoms with Crippen LogP contribution in [0.4, 0.5) is 5.69 Å². The Morgan fingerprint density at radius 1 is 0.966 bits per heavy atom. The van der Waals surface area contributed by atoms with Gasteiger partial charge in [0.1, 0.15) is 0 Å². The van der Waals surface area contributed by atoms with E-state index >= 15 is 0 Å². The number of nitro groups is 1. The van der Waals surface area contributed by atoms with Crippen molar-refractivity contribution in [3.8, 4) is 22.6 Å². The normalized spacial score (nSPS) is 11.7. The van der Waals surface area contributed by atoms with E-state index in [9.17, 15) is 15.2 Å². The number of benzene rings is 3. The summed E-state index contributed by atoms with van der Waals surface area (Å²) in [5.74, 6) is 0.642. The molecule has 0 aromatic heterocycles. The van der Waals surface area contributed by atoms with Crippen molar-refractivity contribution in [2.24, 2.45) is 0 Å². The van der Waals surface area contributed by atoms with E-state index in [1.165, 1.54) is 26.4 Å². The van der Waals surface area contributed by atoms with Gasteiger partial charge < -0.3 is 14.6 Å². The molecular weight excluding hydrogens is 394 g/mol. The maximum atomic E-state index is 11.5. The van der Waals surface area contributed by atoms with Crippen LogP contribution in [0.5, 0.6) is 11.5 Å². The minimum atomic E-state index is -0.911. The minimum absolute atomic E-state index is 0.0664. The molecule has 0 saturated carbocycles. The third kappa shape index (κ3) is 4.67. The molecule has 0 bridgehead atoms. The summed E-state index contributed by atoms with van der Waals surface area (Å²) in [6.45, 7) is 0. The van der Waals surface area contributed by atoms with E-state index in [-0.39, 0.29) is 17.9 Å². The maximum absolute atomic E-state index is 11.5. The largest absolute Gasteiger partial charge is 0.493 e. The van der Waals surface area contributed by atoms with Gasteiger partial charge in [-0.3, -0.25) is 10.1 Å². The third-order valence-corrected chi connectivity index (χ3v) is 4.92. The molecule has 0 radical (unpaired) electrons. The molecule has 0 fully saturated rings. The molecule has 0 heterocycles. The number of ether oxygens (including phenoxy) is 2. The molecule has 29 heavy (non-hydrogen) atoms. The van der Waals surface area contributed by atoms with Crippen molar-refractivity contribution in [1.29, 1.82) is 0 Å². The smallest absolute Gasteiger partial charge is 0.276 e. The Bertz CT molecular complexity index is 1000. The van der Waals surface area contributed by atoms with Gasteiger partial charge in [-0.1, -0.05) is 48.0 Å². The monoisotopic (exact) mass is 413 g/mol. The first-order valence-corrected chi connectivity index (χ1v) is 9.24. The zero-order valence-corrected chi connectivity index (χ0v) is 16.7. The highest BCUT2D eigenvalue weighted by atomic mass is 35.5. The standard InChI is InChI=1S/C22H20ClNO5/c1-28-21-12-17(19(24(26)27)13-22(21)29-2)11-20(25)16-5-3-14(4-6-16)15-7-9-18(23)10-8-15/h3-10,12-13,20,25H,11H2,1-2H3. The van der Waals surface area contributed by atoms with Crippen LogP contribution in [0.25, 0.3) is 11.1 Å². The van der Waals surface area contributed by atoms with Gasteiger partial charge in [0.05, 0.1) is 31.3 Å². The van der Waals surface area contributed by atoms with Gasteiger partial charge in [-0.15, -0.1) is 0 Å². The molecule has 150 valence electrons. The van der Waals surface area contributed by atoms with Gasteiger partial charge in [0.2, 0.25) is 0 Å². The highest BCUT2D eigenvalue weighted by Gasteiger charge is 2.22. The second-order valence-electron chi connectivity index (χ2n) is 6.44. The Balaban J connectivity index is 1.85. The molecule has 0 aliphatic carbocycles. The van der Waals surface area contributed by atoms with Crippen LogP contribution in [0, 0.1) is 10.1 Å². The summed E-state index contributed by atoms with van der Waals surface area (Å²) in [7, 11) is 2.87. The summed E-state index contributed by atoms with van der Waals surface area (Å²) in [5.41, 5.74) is 2.88. The number of hydrogen-bond acceptors (Lipinski definition) is 5. The lowest BCUT2D eigenvalue weighted by Gasteiger charge is -2.14. The Hall–Kier alpha value is -3.09. The van der Waals surface area contributed by atoms with E-state index in [0.29, 0.717) is 21.9 Å². The summed E-state index contributed by atoms with van der Waals surface area (Å²) in [6, 6.07) is 17.7. The first-order valence-electron chi connectivity index (χ1n) is 8.86. The number of nitrogens with zero attached hydrogens (tertiary/aromatic N) is 1. The van der Waals surface area contributed by atoms with Crippen LogP contribution in [0.2, 0.25) is 5.02 Å². The predicted octanol–water partition coefficient (Wildman–Crippen LogP) is 5.21. The van der Waals surface area contributed by atoms with E-state index in [1.54, 1.807) is 12.1 Å². The van der Waals surface area contributed by atoms with E-state index in [1.807, 2.05) is 36.4 Å². The van der Waals surface area contributed by atoms with Crippen molar-refractivity contribution in [2.75, 3.05) is 14.2 Å². The average molecular weight is 414 g/mol. The van der Waals surface area contributed by atoms with Gasteiger partial charge in [0.25, 0.3) is 5.69 Å². The molecule has 0 saturated heterocycles. The first-order chi connectivity index (χ1) is 13.9. The van der Waals surface area contributed by atoms with Crippen molar-refractivity contribution in [3.05, 3.63) is 86.9 Å². The SMILES string of the molecule is COc1cc(CC(O)c2ccc(-c3ccc(Cl)cc3)cc2)c([N+](=O)[O-])cc1OC. The molecule has 1 atom stereocenters. The highest BCUT2D eigenvalue weighted by Crippen LogP contribution is 2.36. The number of hydrogen-bond donors (Lipinski definition) is 1. The summed E-state index contributed by atoms with van der Waals surface area (Å²) in [5, 5.41) is 22.8. The summed E-state index contributed by atoms with van der Waals surface area (Å²) < 4.78 is 10.4. The second kappa shape index (κ2) is 8.94. The molecule has 7 heteroatoms. The molecule has 0 spiro atoms. The van der Waals surface area contributed by atoms with Gasteiger partial charge in [-0.25, -0.2) is 0 Å². The number of nitro benzene ring substituents is 1. The van der Waals surface area contributed by atoms with Gasteiger partial charge >= 0.3 is 0 Å². The van der Waals surface area contributed by atoms with E-state index in [4.69, 9.17) is 21.1 Å².